The number of carboxylic acids is 1. The number of carboxylic acid groups (broad SMARTS) is 1. The van der Waals surface area contributed by atoms with Crippen LogP contribution in [0.5, 0.6) is 5.75 Å². The lowest BCUT2D eigenvalue weighted by atomic mass is 10.0. The number of amides is 3. The molecule has 0 saturated heterocycles. The van der Waals surface area contributed by atoms with Crippen LogP contribution in [0.2, 0.25) is 0 Å². The molecule has 0 saturated carbocycles. The SMILES string of the molecule is CC(NC(=O)C(Cc1ccc(O)cc1)NC(=O)C(N)Cc1c[nH]c2ccccc12)C(=O)NC(CCCN=C(N)N)C(=O)O. The third kappa shape index (κ3) is 9.74. The second-order valence-corrected chi connectivity index (χ2v) is 10.2. The van der Waals surface area contributed by atoms with E-state index < -0.39 is 47.9 Å². The molecule has 0 bridgehead atoms. The second kappa shape index (κ2) is 15.2. The maximum Gasteiger partial charge on any atom is 0.326 e. The van der Waals surface area contributed by atoms with Crippen LogP contribution in [0.25, 0.3) is 10.9 Å². The van der Waals surface area contributed by atoms with Gasteiger partial charge in [-0.2, -0.15) is 0 Å². The average molecular weight is 595 g/mol. The first kappa shape index (κ1) is 32.4. The van der Waals surface area contributed by atoms with Crippen LogP contribution in [0.1, 0.15) is 30.9 Å². The van der Waals surface area contributed by atoms with Gasteiger partial charge in [0.05, 0.1) is 6.04 Å². The van der Waals surface area contributed by atoms with E-state index in [-0.39, 0.29) is 37.5 Å². The zero-order valence-electron chi connectivity index (χ0n) is 23.7. The van der Waals surface area contributed by atoms with Gasteiger partial charge in [0.1, 0.15) is 23.9 Å². The third-order valence-electron chi connectivity index (χ3n) is 6.77. The number of nitrogens with two attached hydrogens (primary N) is 3. The molecular formula is C29H38N8O6. The number of phenolic OH excluding ortho intramolecular Hbond substituents is 1. The summed E-state index contributed by atoms with van der Waals surface area (Å²) in [6, 6.07) is 9.22. The molecule has 0 fully saturated rings. The first-order chi connectivity index (χ1) is 20.4. The van der Waals surface area contributed by atoms with Gasteiger partial charge in [-0.3, -0.25) is 19.4 Å². The number of H-pyrrole nitrogens is 1. The number of aromatic nitrogens is 1. The number of nitrogens with one attached hydrogen (secondary N) is 4. The molecule has 14 heteroatoms. The van der Waals surface area contributed by atoms with Gasteiger partial charge in [-0.25, -0.2) is 4.79 Å². The quantitative estimate of drug-likeness (QED) is 0.0629. The van der Waals surface area contributed by atoms with Crippen molar-refractivity contribution in [2.24, 2.45) is 22.2 Å². The van der Waals surface area contributed by atoms with Crippen LogP contribution in [0.3, 0.4) is 0 Å². The molecule has 1 heterocycles. The standard InChI is InChI=1S/C29H38N8O6/c1-16(25(39)36-23(28(42)43)7-4-12-33-29(31)32)35-27(41)24(13-17-8-10-19(38)11-9-17)37-26(40)21(30)14-18-15-34-22-6-3-2-5-20(18)22/h2-3,5-6,8-11,15-16,21,23-24,34,38H,4,7,12-14,30H2,1H3,(H,35,41)(H,36,39)(H,37,40)(H,42,43)(H4,31,32,33). The van der Waals surface area contributed by atoms with Crippen LogP contribution < -0.4 is 33.2 Å². The van der Waals surface area contributed by atoms with Crippen molar-refractivity contribution < 1.29 is 29.4 Å². The number of aromatic hydroxyl groups is 1. The molecule has 3 aromatic rings. The van der Waals surface area contributed by atoms with Crippen LogP contribution in [-0.4, -0.2) is 75.6 Å². The normalized spacial score (nSPS) is 13.7. The van der Waals surface area contributed by atoms with Crippen molar-refractivity contribution in [1.82, 2.24) is 20.9 Å². The highest BCUT2D eigenvalue weighted by Crippen LogP contribution is 2.19. The van der Waals surface area contributed by atoms with Gasteiger partial charge in [-0.1, -0.05) is 30.3 Å². The molecule has 3 amide bonds. The molecule has 0 spiro atoms. The van der Waals surface area contributed by atoms with Crippen molar-refractivity contribution in [2.45, 2.75) is 56.8 Å². The summed E-state index contributed by atoms with van der Waals surface area (Å²) < 4.78 is 0. The number of carbonyl (C=O) groups excluding carboxylic acids is 3. The minimum atomic E-state index is -1.25. The minimum absolute atomic E-state index is 0.0334. The lowest BCUT2D eigenvalue weighted by molar-refractivity contribution is -0.142. The van der Waals surface area contributed by atoms with Crippen LogP contribution >= 0.6 is 0 Å². The van der Waals surface area contributed by atoms with Gasteiger partial charge in [-0.15, -0.1) is 0 Å². The van der Waals surface area contributed by atoms with Crippen molar-refractivity contribution in [3.63, 3.8) is 0 Å². The third-order valence-corrected chi connectivity index (χ3v) is 6.77. The topological polar surface area (TPSA) is 251 Å². The Kier molecular flexibility index (Phi) is 11.5. The van der Waals surface area contributed by atoms with E-state index in [1.165, 1.54) is 19.1 Å². The number of aliphatic imine (C=N–C) groups is 1. The van der Waals surface area contributed by atoms with Crippen molar-refractivity contribution >= 4 is 40.6 Å². The van der Waals surface area contributed by atoms with Crippen LogP contribution in [0.4, 0.5) is 0 Å². The Morgan fingerprint density at radius 3 is 2.26 bits per heavy atom. The van der Waals surface area contributed by atoms with Crippen molar-refractivity contribution in [1.29, 1.82) is 0 Å². The summed E-state index contributed by atoms with van der Waals surface area (Å²) in [5, 5.41) is 27.7. The molecule has 43 heavy (non-hydrogen) atoms. The highest BCUT2D eigenvalue weighted by molar-refractivity contribution is 5.94. The fourth-order valence-corrected chi connectivity index (χ4v) is 4.42. The number of fused-ring (bicyclic) bond motifs is 1. The minimum Gasteiger partial charge on any atom is -0.508 e. The van der Waals surface area contributed by atoms with E-state index in [1.54, 1.807) is 18.3 Å². The number of hydrogen-bond acceptors (Lipinski definition) is 7. The van der Waals surface area contributed by atoms with E-state index in [9.17, 15) is 29.4 Å². The summed E-state index contributed by atoms with van der Waals surface area (Å²) in [5.74, 6) is -3.33. The summed E-state index contributed by atoms with van der Waals surface area (Å²) >= 11 is 0. The lowest BCUT2D eigenvalue weighted by Crippen LogP contribution is -2.57. The van der Waals surface area contributed by atoms with Gasteiger partial charge in [0.15, 0.2) is 5.96 Å². The smallest absolute Gasteiger partial charge is 0.326 e. The number of para-hydroxylation sites is 1. The van der Waals surface area contributed by atoms with E-state index in [0.29, 0.717) is 12.0 Å². The molecule has 2 aromatic carbocycles. The monoisotopic (exact) mass is 594 g/mol. The Hall–Kier alpha value is -5.11. The first-order valence-electron chi connectivity index (χ1n) is 13.7. The molecule has 3 rings (SSSR count). The van der Waals surface area contributed by atoms with Crippen molar-refractivity contribution in [2.75, 3.05) is 6.54 Å². The van der Waals surface area contributed by atoms with Gasteiger partial charge < -0.3 is 48.3 Å². The van der Waals surface area contributed by atoms with Crippen LogP contribution in [0, 0.1) is 0 Å². The molecule has 1 aromatic heterocycles. The highest BCUT2D eigenvalue weighted by Gasteiger charge is 2.29. The fourth-order valence-electron chi connectivity index (χ4n) is 4.42. The van der Waals surface area contributed by atoms with Gasteiger partial charge in [-0.05, 0) is 55.5 Å². The molecule has 0 aliphatic rings. The molecular weight excluding hydrogens is 556 g/mol. The predicted molar refractivity (Wildman–Crippen MR) is 161 cm³/mol. The van der Waals surface area contributed by atoms with Gasteiger partial charge in [0.2, 0.25) is 17.7 Å². The summed E-state index contributed by atoms with van der Waals surface area (Å²) in [5.41, 5.74) is 19.1. The Morgan fingerprint density at radius 1 is 0.907 bits per heavy atom. The number of benzene rings is 2. The summed E-state index contributed by atoms with van der Waals surface area (Å²) in [6.07, 6.45) is 2.39. The Labute approximate surface area is 248 Å². The van der Waals surface area contributed by atoms with Gasteiger partial charge in [0.25, 0.3) is 0 Å². The van der Waals surface area contributed by atoms with E-state index in [4.69, 9.17) is 17.2 Å². The maximum atomic E-state index is 13.3. The number of aliphatic carboxylic acids is 1. The van der Waals surface area contributed by atoms with E-state index in [2.05, 4.69) is 25.9 Å². The number of phenols is 1. The van der Waals surface area contributed by atoms with E-state index in [0.717, 1.165) is 16.5 Å². The molecule has 0 aliphatic heterocycles. The van der Waals surface area contributed by atoms with Crippen LogP contribution in [-0.2, 0) is 32.0 Å². The van der Waals surface area contributed by atoms with Crippen LogP contribution in [0.15, 0.2) is 59.7 Å². The highest BCUT2D eigenvalue weighted by atomic mass is 16.4. The molecule has 0 radical (unpaired) electrons. The maximum absolute atomic E-state index is 13.3. The molecule has 0 aliphatic carbocycles. The lowest BCUT2D eigenvalue weighted by Gasteiger charge is -2.24. The zero-order valence-corrected chi connectivity index (χ0v) is 23.7. The number of guanidine groups is 1. The van der Waals surface area contributed by atoms with Gasteiger partial charge >= 0.3 is 5.97 Å². The molecule has 4 atom stereocenters. The largest absolute Gasteiger partial charge is 0.508 e. The number of carbonyl (C=O) groups is 4. The van der Waals surface area contributed by atoms with E-state index >= 15 is 0 Å². The van der Waals surface area contributed by atoms with Crippen molar-refractivity contribution in [3.05, 3.63) is 65.9 Å². The zero-order chi connectivity index (χ0) is 31.5. The molecule has 12 N–H and O–H groups in total. The number of rotatable bonds is 15. The predicted octanol–water partition coefficient (Wildman–Crippen LogP) is -0.401. The average Bonchev–Trinajstić information content (AvgIpc) is 3.37. The molecule has 14 nitrogen and oxygen atoms in total. The fraction of sp³-hybridized carbons (Fsp3) is 0.345. The second-order valence-electron chi connectivity index (χ2n) is 10.2. The van der Waals surface area contributed by atoms with Gasteiger partial charge in [0, 0.05) is 30.1 Å². The Balaban J connectivity index is 1.67. The Morgan fingerprint density at radius 2 is 1.58 bits per heavy atom. The number of aromatic amines is 1. The van der Waals surface area contributed by atoms with E-state index in [1.807, 2.05) is 24.3 Å². The Bertz CT molecular complexity index is 1450. The first-order valence-corrected chi connectivity index (χ1v) is 13.7. The van der Waals surface area contributed by atoms with Crippen molar-refractivity contribution in [3.8, 4) is 5.75 Å². The molecule has 230 valence electrons. The summed E-state index contributed by atoms with van der Waals surface area (Å²) in [6.45, 7) is 1.59. The number of hydrogen-bond donors (Lipinski definition) is 9. The molecule has 4 unspecified atom stereocenters. The number of nitrogens with zero attached hydrogens (tertiary/aromatic N) is 1. The summed E-state index contributed by atoms with van der Waals surface area (Å²) in [4.78, 5) is 57.8. The summed E-state index contributed by atoms with van der Waals surface area (Å²) in [7, 11) is 0.